The third-order valence-corrected chi connectivity index (χ3v) is 4.00. The number of hydrogen-bond donors (Lipinski definition) is 1. The van der Waals surface area contributed by atoms with Gasteiger partial charge in [-0.3, -0.25) is 0 Å². The Morgan fingerprint density at radius 3 is 2.86 bits per heavy atom. The van der Waals surface area contributed by atoms with Crippen molar-refractivity contribution in [2.75, 3.05) is 6.54 Å². The summed E-state index contributed by atoms with van der Waals surface area (Å²) in [5.74, 6) is 0. The maximum atomic E-state index is 3.58. The van der Waals surface area contributed by atoms with Crippen molar-refractivity contribution in [3.8, 4) is 0 Å². The number of thiophene rings is 1. The first-order valence-corrected chi connectivity index (χ1v) is 6.45. The monoisotopic (exact) mass is 209 g/mol. The zero-order valence-corrected chi connectivity index (χ0v) is 9.70. The SMILES string of the molecule is CC1(CNCc2ccsc2)CCCC1. The Morgan fingerprint density at radius 1 is 1.43 bits per heavy atom. The Hall–Kier alpha value is -0.340. The van der Waals surface area contributed by atoms with E-state index in [4.69, 9.17) is 0 Å². The van der Waals surface area contributed by atoms with Gasteiger partial charge in [0.1, 0.15) is 0 Å². The molecule has 2 rings (SSSR count). The van der Waals surface area contributed by atoms with Crippen LogP contribution in [0.4, 0.5) is 0 Å². The van der Waals surface area contributed by atoms with Crippen molar-refractivity contribution < 1.29 is 0 Å². The summed E-state index contributed by atoms with van der Waals surface area (Å²) in [6.07, 6.45) is 5.67. The van der Waals surface area contributed by atoms with Crippen LogP contribution in [0.25, 0.3) is 0 Å². The van der Waals surface area contributed by atoms with Crippen molar-refractivity contribution >= 4 is 11.3 Å². The van der Waals surface area contributed by atoms with Gasteiger partial charge in [-0.15, -0.1) is 0 Å². The van der Waals surface area contributed by atoms with Crippen LogP contribution >= 0.6 is 11.3 Å². The molecule has 1 aromatic rings. The summed E-state index contributed by atoms with van der Waals surface area (Å²) in [7, 11) is 0. The van der Waals surface area contributed by atoms with Crippen LogP contribution in [0.3, 0.4) is 0 Å². The van der Waals surface area contributed by atoms with Crippen LogP contribution in [0.15, 0.2) is 16.8 Å². The lowest BCUT2D eigenvalue weighted by Crippen LogP contribution is -2.28. The molecule has 1 heterocycles. The molecule has 1 aliphatic rings. The quantitative estimate of drug-likeness (QED) is 0.801. The van der Waals surface area contributed by atoms with Gasteiger partial charge in [0.25, 0.3) is 0 Å². The molecule has 0 radical (unpaired) electrons. The highest BCUT2D eigenvalue weighted by molar-refractivity contribution is 7.07. The maximum absolute atomic E-state index is 3.58. The summed E-state index contributed by atoms with van der Waals surface area (Å²) in [4.78, 5) is 0. The molecular formula is C12H19NS. The number of nitrogens with one attached hydrogen (secondary N) is 1. The minimum absolute atomic E-state index is 0.579. The van der Waals surface area contributed by atoms with Crippen molar-refractivity contribution in [1.82, 2.24) is 5.32 Å². The molecule has 0 aromatic carbocycles. The van der Waals surface area contributed by atoms with Crippen molar-refractivity contribution in [3.05, 3.63) is 22.4 Å². The van der Waals surface area contributed by atoms with E-state index in [1.807, 2.05) is 0 Å². The fourth-order valence-corrected chi connectivity index (χ4v) is 2.98. The Kier molecular flexibility index (Phi) is 3.24. The number of rotatable bonds is 4. The van der Waals surface area contributed by atoms with Crippen molar-refractivity contribution in [2.24, 2.45) is 5.41 Å². The third-order valence-electron chi connectivity index (χ3n) is 3.27. The standard InChI is InChI=1S/C12H19NS/c1-12(5-2-3-6-12)10-13-8-11-4-7-14-9-11/h4,7,9,13H,2-3,5-6,8,10H2,1H3. The van der Waals surface area contributed by atoms with Crippen molar-refractivity contribution in [3.63, 3.8) is 0 Å². The van der Waals surface area contributed by atoms with Gasteiger partial charge in [0.2, 0.25) is 0 Å². The van der Waals surface area contributed by atoms with Gasteiger partial charge in [-0.2, -0.15) is 11.3 Å². The summed E-state index contributed by atoms with van der Waals surface area (Å²) in [6, 6.07) is 2.20. The normalized spacial score (nSPS) is 20.1. The molecule has 78 valence electrons. The first kappa shape index (κ1) is 10.2. The van der Waals surface area contributed by atoms with E-state index in [1.54, 1.807) is 11.3 Å². The van der Waals surface area contributed by atoms with E-state index >= 15 is 0 Å². The lowest BCUT2D eigenvalue weighted by Gasteiger charge is -2.23. The molecule has 0 spiro atoms. The first-order chi connectivity index (χ1) is 6.79. The van der Waals surface area contributed by atoms with Gasteiger partial charge in [-0.1, -0.05) is 19.8 Å². The maximum Gasteiger partial charge on any atom is 0.0213 e. The fourth-order valence-electron chi connectivity index (χ4n) is 2.31. The summed E-state index contributed by atoms with van der Waals surface area (Å²) in [5.41, 5.74) is 2.01. The minimum Gasteiger partial charge on any atom is -0.312 e. The van der Waals surface area contributed by atoms with Crippen LogP contribution in [-0.4, -0.2) is 6.54 Å². The van der Waals surface area contributed by atoms with Gasteiger partial charge in [0, 0.05) is 13.1 Å². The van der Waals surface area contributed by atoms with Crippen LogP contribution in [0, 0.1) is 5.41 Å². The fraction of sp³-hybridized carbons (Fsp3) is 0.667. The molecule has 2 heteroatoms. The zero-order valence-electron chi connectivity index (χ0n) is 8.88. The average Bonchev–Trinajstić information content (AvgIpc) is 2.77. The third kappa shape index (κ3) is 2.58. The molecule has 0 bridgehead atoms. The van der Waals surface area contributed by atoms with E-state index < -0.39 is 0 Å². The van der Waals surface area contributed by atoms with Crippen LogP contribution in [-0.2, 0) is 6.54 Å². The Bertz CT molecular complexity index is 260. The van der Waals surface area contributed by atoms with Gasteiger partial charge in [-0.05, 0) is 40.6 Å². The molecule has 0 amide bonds. The van der Waals surface area contributed by atoms with Gasteiger partial charge in [0.15, 0.2) is 0 Å². The molecule has 14 heavy (non-hydrogen) atoms. The van der Waals surface area contributed by atoms with Crippen LogP contribution in [0.5, 0.6) is 0 Å². The zero-order chi connectivity index (χ0) is 9.86. The molecule has 0 unspecified atom stereocenters. The average molecular weight is 209 g/mol. The Balaban J connectivity index is 1.72. The molecule has 1 fully saturated rings. The number of hydrogen-bond acceptors (Lipinski definition) is 2. The molecule has 1 aliphatic carbocycles. The Labute approximate surface area is 90.5 Å². The van der Waals surface area contributed by atoms with Crippen LogP contribution in [0.1, 0.15) is 38.2 Å². The van der Waals surface area contributed by atoms with E-state index in [1.165, 1.54) is 37.8 Å². The summed E-state index contributed by atoms with van der Waals surface area (Å²) in [6.45, 7) is 4.64. The second kappa shape index (κ2) is 4.45. The van der Waals surface area contributed by atoms with E-state index in [9.17, 15) is 0 Å². The molecule has 1 aromatic heterocycles. The van der Waals surface area contributed by atoms with Crippen LogP contribution in [0.2, 0.25) is 0 Å². The van der Waals surface area contributed by atoms with E-state index in [2.05, 4.69) is 29.1 Å². The first-order valence-electron chi connectivity index (χ1n) is 5.50. The highest BCUT2D eigenvalue weighted by atomic mass is 32.1. The van der Waals surface area contributed by atoms with E-state index in [0.29, 0.717) is 5.41 Å². The lowest BCUT2D eigenvalue weighted by molar-refractivity contribution is 0.315. The van der Waals surface area contributed by atoms with E-state index in [-0.39, 0.29) is 0 Å². The predicted molar refractivity (Wildman–Crippen MR) is 62.6 cm³/mol. The summed E-state index contributed by atoms with van der Waals surface area (Å²) < 4.78 is 0. The second-order valence-corrected chi connectivity index (χ2v) is 5.53. The molecule has 0 aliphatic heterocycles. The van der Waals surface area contributed by atoms with E-state index in [0.717, 1.165) is 6.54 Å². The molecule has 0 atom stereocenters. The summed E-state index contributed by atoms with van der Waals surface area (Å²) in [5, 5.41) is 7.95. The van der Waals surface area contributed by atoms with Gasteiger partial charge >= 0.3 is 0 Å². The highest BCUT2D eigenvalue weighted by Crippen LogP contribution is 2.36. The van der Waals surface area contributed by atoms with Gasteiger partial charge < -0.3 is 5.32 Å². The van der Waals surface area contributed by atoms with Crippen molar-refractivity contribution in [1.29, 1.82) is 0 Å². The van der Waals surface area contributed by atoms with Gasteiger partial charge in [0.05, 0.1) is 0 Å². The minimum atomic E-state index is 0.579. The predicted octanol–water partition coefficient (Wildman–Crippen LogP) is 3.42. The van der Waals surface area contributed by atoms with Crippen molar-refractivity contribution in [2.45, 2.75) is 39.2 Å². The molecule has 1 N–H and O–H groups in total. The molecular weight excluding hydrogens is 190 g/mol. The second-order valence-electron chi connectivity index (χ2n) is 4.75. The molecule has 0 saturated heterocycles. The topological polar surface area (TPSA) is 12.0 Å². The highest BCUT2D eigenvalue weighted by Gasteiger charge is 2.27. The molecule has 1 saturated carbocycles. The summed E-state index contributed by atoms with van der Waals surface area (Å²) >= 11 is 1.78. The molecule has 1 nitrogen and oxygen atoms in total. The Morgan fingerprint density at radius 2 is 2.21 bits per heavy atom. The smallest absolute Gasteiger partial charge is 0.0213 e. The van der Waals surface area contributed by atoms with Crippen LogP contribution < -0.4 is 5.32 Å². The lowest BCUT2D eigenvalue weighted by atomic mass is 9.89. The van der Waals surface area contributed by atoms with Gasteiger partial charge in [-0.25, -0.2) is 0 Å². The largest absolute Gasteiger partial charge is 0.312 e.